The van der Waals surface area contributed by atoms with Crippen molar-refractivity contribution in [3.63, 3.8) is 0 Å². The maximum Gasteiger partial charge on any atom is 0.133 e. The van der Waals surface area contributed by atoms with Gasteiger partial charge >= 0.3 is 0 Å². The number of methoxy groups -OCH3 is 1. The molecule has 0 aliphatic carbocycles. The van der Waals surface area contributed by atoms with Gasteiger partial charge in [-0.3, -0.25) is 0 Å². The number of ether oxygens (including phenoxy) is 1. The molecule has 0 unspecified atom stereocenters. The standard InChI is InChI=1S/C25H24N4OS/c1-30-23-5-3-19(18-6-9-26-10-7-18)14-20(23)15-25-27-11-8-21(29-25)12-17-2-4-22-24(13-17)31-16-28-22/h2-6,8,11,13-14,16,26H,7,9-10,12,15H2,1H3. The molecule has 4 aromatic rings. The molecule has 2 aromatic carbocycles. The highest BCUT2D eigenvalue weighted by atomic mass is 32.1. The fourth-order valence-corrected chi connectivity index (χ4v) is 4.76. The quantitative estimate of drug-likeness (QED) is 0.484. The maximum atomic E-state index is 5.63. The van der Waals surface area contributed by atoms with E-state index < -0.39 is 0 Å². The van der Waals surface area contributed by atoms with E-state index in [0.717, 1.165) is 54.3 Å². The highest BCUT2D eigenvalue weighted by Crippen LogP contribution is 2.28. The first-order chi connectivity index (χ1) is 15.3. The molecule has 0 fully saturated rings. The predicted molar refractivity (Wildman–Crippen MR) is 126 cm³/mol. The molecule has 0 atom stereocenters. The van der Waals surface area contributed by atoms with E-state index in [9.17, 15) is 0 Å². The second-order valence-corrected chi connectivity index (χ2v) is 8.57. The number of benzene rings is 2. The molecule has 3 heterocycles. The van der Waals surface area contributed by atoms with E-state index in [4.69, 9.17) is 9.72 Å². The summed E-state index contributed by atoms with van der Waals surface area (Å²) in [5.74, 6) is 1.69. The molecule has 1 N–H and O–H groups in total. The van der Waals surface area contributed by atoms with Crippen molar-refractivity contribution in [2.45, 2.75) is 19.3 Å². The van der Waals surface area contributed by atoms with Crippen LogP contribution in [0.4, 0.5) is 0 Å². The van der Waals surface area contributed by atoms with Gasteiger partial charge in [-0.15, -0.1) is 11.3 Å². The molecule has 0 spiro atoms. The van der Waals surface area contributed by atoms with Crippen molar-refractivity contribution in [3.8, 4) is 5.75 Å². The number of hydrogen-bond donors (Lipinski definition) is 1. The van der Waals surface area contributed by atoms with E-state index in [-0.39, 0.29) is 0 Å². The lowest BCUT2D eigenvalue weighted by Gasteiger charge is -2.16. The van der Waals surface area contributed by atoms with Crippen molar-refractivity contribution in [2.75, 3.05) is 20.2 Å². The van der Waals surface area contributed by atoms with Crippen LogP contribution < -0.4 is 10.1 Å². The molecular formula is C25H24N4OS. The number of nitrogens with zero attached hydrogens (tertiary/aromatic N) is 3. The largest absolute Gasteiger partial charge is 0.496 e. The summed E-state index contributed by atoms with van der Waals surface area (Å²) in [5.41, 5.74) is 8.94. The lowest BCUT2D eigenvalue weighted by atomic mass is 9.97. The number of thiazole rings is 1. The molecule has 156 valence electrons. The van der Waals surface area contributed by atoms with Crippen molar-refractivity contribution in [3.05, 3.63) is 88.5 Å². The van der Waals surface area contributed by atoms with Gasteiger partial charge in [0, 0.05) is 36.8 Å². The number of nitrogens with one attached hydrogen (secondary N) is 1. The molecule has 0 amide bonds. The summed E-state index contributed by atoms with van der Waals surface area (Å²) in [5, 5.41) is 3.37. The summed E-state index contributed by atoms with van der Waals surface area (Å²) in [6.07, 6.45) is 6.59. The van der Waals surface area contributed by atoms with Gasteiger partial charge in [0.2, 0.25) is 0 Å². The van der Waals surface area contributed by atoms with Crippen LogP contribution in [0.2, 0.25) is 0 Å². The Morgan fingerprint density at radius 2 is 2.03 bits per heavy atom. The van der Waals surface area contributed by atoms with E-state index in [1.165, 1.54) is 21.4 Å². The van der Waals surface area contributed by atoms with Crippen LogP contribution in [0.15, 0.2) is 60.2 Å². The van der Waals surface area contributed by atoms with Gasteiger partial charge in [-0.25, -0.2) is 15.0 Å². The summed E-state index contributed by atoms with van der Waals surface area (Å²) in [6.45, 7) is 1.95. The summed E-state index contributed by atoms with van der Waals surface area (Å²) in [7, 11) is 1.72. The Morgan fingerprint density at radius 1 is 1.06 bits per heavy atom. The molecular weight excluding hydrogens is 404 g/mol. The van der Waals surface area contributed by atoms with E-state index in [0.29, 0.717) is 6.42 Å². The molecule has 5 rings (SSSR count). The van der Waals surface area contributed by atoms with Crippen LogP contribution in [0.5, 0.6) is 5.75 Å². The molecule has 1 aliphatic heterocycles. The van der Waals surface area contributed by atoms with Gasteiger partial charge in [-0.1, -0.05) is 18.2 Å². The van der Waals surface area contributed by atoms with Crippen LogP contribution in [-0.2, 0) is 12.8 Å². The summed E-state index contributed by atoms with van der Waals surface area (Å²) >= 11 is 1.67. The van der Waals surface area contributed by atoms with Gasteiger partial charge in [-0.2, -0.15) is 0 Å². The SMILES string of the molecule is COc1ccc(C2=CCNCC2)cc1Cc1nccc(Cc2ccc3ncsc3c2)n1. The number of aromatic nitrogens is 3. The first-order valence-electron chi connectivity index (χ1n) is 10.5. The zero-order chi connectivity index (χ0) is 21.0. The second kappa shape index (κ2) is 8.96. The van der Waals surface area contributed by atoms with Crippen LogP contribution in [0.3, 0.4) is 0 Å². The smallest absolute Gasteiger partial charge is 0.133 e. The number of hydrogen-bond acceptors (Lipinski definition) is 6. The van der Waals surface area contributed by atoms with Gasteiger partial charge in [0.05, 0.1) is 22.8 Å². The lowest BCUT2D eigenvalue weighted by Crippen LogP contribution is -2.20. The van der Waals surface area contributed by atoms with Crippen LogP contribution in [-0.4, -0.2) is 35.2 Å². The Labute approximate surface area is 185 Å². The molecule has 5 nitrogen and oxygen atoms in total. The third kappa shape index (κ3) is 4.50. The summed E-state index contributed by atoms with van der Waals surface area (Å²) < 4.78 is 6.84. The Morgan fingerprint density at radius 3 is 2.90 bits per heavy atom. The minimum atomic E-state index is 0.643. The Hall–Kier alpha value is -3.09. The molecule has 0 radical (unpaired) electrons. The van der Waals surface area contributed by atoms with E-state index in [1.807, 2.05) is 17.8 Å². The van der Waals surface area contributed by atoms with Gasteiger partial charge in [0.1, 0.15) is 11.6 Å². The van der Waals surface area contributed by atoms with E-state index in [1.54, 1.807) is 18.4 Å². The number of fused-ring (bicyclic) bond motifs is 1. The molecule has 6 heteroatoms. The maximum absolute atomic E-state index is 5.63. The van der Waals surface area contributed by atoms with Crippen LogP contribution in [0.25, 0.3) is 15.8 Å². The second-order valence-electron chi connectivity index (χ2n) is 7.68. The van der Waals surface area contributed by atoms with Crippen LogP contribution in [0, 0.1) is 0 Å². The van der Waals surface area contributed by atoms with Crippen molar-refractivity contribution < 1.29 is 4.74 Å². The first kappa shape index (κ1) is 19.8. The highest BCUT2D eigenvalue weighted by molar-refractivity contribution is 7.16. The Bertz CT molecular complexity index is 1250. The summed E-state index contributed by atoms with van der Waals surface area (Å²) in [6, 6.07) is 14.8. The fourth-order valence-electron chi connectivity index (χ4n) is 4.02. The van der Waals surface area contributed by atoms with Crippen molar-refractivity contribution in [2.24, 2.45) is 0 Å². The minimum Gasteiger partial charge on any atom is -0.496 e. The highest BCUT2D eigenvalue weighted by Gasteiger charge is 2.12. The summed E-state index contributed by atoms with van der Waals surface area (Å²) in [4.78, 5) is 13.7. The average molecular weight is 429 g/mol. The van der Waals surface area contributed by atoms with E-state index >= 15 is 0 Å². The molecule has 1 aliphatic rings. The number of rotatable bonds is 6. The zero-order valence-corrected chi connectivity index (χ0v) is 18.3. The van der Waals surface area contributed by atoms with Crippen molar-refractivity contribution in [1.29, 1.82) is 0 Å². The van der Waals surface area contributed by atoms with E-state index in [2.05, 4.69) is 57.8 Å². The zero-order valence-electron chi connectivity index (χ0n) is 17.5. The third-order valence-electron chi connectivity index (χ3n) is 5.61. The molecule has 2 aromatic heterocycles. The minimum absolute atomic E-state index is 0.643. The van der Waals surface area contributed by atoms with Crippen molar-refractivity contribution in [1.82, 2.24) is 20.3 Å². The Kier molecular flexibility index (Phi) is 5.74. The Balaban J connectivity index is 1.39. The molecule has 31 heavy (non-hydrogen) atoms. The predicted octanol–water partition coefficient (Wildman–Crippen LogP) is 4.65. The third-order valence-corrected chi connectivity index (χ3v) is 6.40. The topological polar surface area (TPSA) is 59.9 Å². The van der Waals surface area contributed by atoms with Gasteiger partial charge in [0.25, 0.3) is 0 Å². The van der Waals surface area contributed by atoms with Gasteiger partial charge in [0.15, 0.2) is 0 Å². The van der Waals surface area contributed by atoms with Crippen LogP contribution >= 0.6 is 11.3 Å². The van der Waals surface area contributed by atoms with Gasteiger partial charge < -0.3 is 10.1 Å². The first-order valence-corrected chi connectivity index (χ1v) is 11.4. The van der Waals surface area contributed by atoms with Gasteiger partial charge in [-0.05, 0) is 60.0 Å². The normalized spacial score (nSPS) is 13.9. The van der Waals surface area contributed by atoms with Crippen LogP contribution in [0.1, 0.15) is 34.6 Å². The molecule has 0 saturated carbocycles. The molecule has 0 saturated heterocycles. The fraction of sp³-hybridized carbons (Fsp3) is 0.240. The van der Waals surface area contributed by atoms with Crippen molar-refractivity contribution >= 4 is 27.1 Å². The monoisotopic (exact) mass is 428 g/mol. The average Bonchev–Trinajstić information content (AvgIpc) is 3.28. The molecule has 0 bridgehead atoms. The lowest BCUT2D eigenvalue weighted by molar-refractivity contribution is 0.410.